The number of hydrogen-bond acceptors (Lipinski definition) is 14. The molecule has 0 radical (unpaired) electrons. The molecule has 18 nitrogen and oxygen atoms in total. The molecule has 0 atom stereocenters. The molecule has 0 aromatic heterocycles. The van der Waals surface area contributed by atoms with E-state index in [0.717, 1.165) is 24.3 Å². The van der Waals surface area contributed by atoms with E-state index < -0.39 is 92.7 Å². The van der Waals surface area contributed by atoms with E-state index >= 15 is 0 Å². The minimum absolute atomic E-state index is 0.0116. The van der Waals surface area contributed by atoms with E-state index in [0.29, 0.717) is 23.3 Å². The third-order valence-electron chi connectivity index (χ3n) is 16.1. The Bertz CT molecular complexity index is 4810. The number of carbonyl (C=O) groups excluding carboxylic acids is 10. The van der Waals surface area contributed by atoms with Crippen molar-refractivity contribution in [3.05, 3.63) is 294 Å². The summed E-state index contributed by atoms with van der Waals surface area (Å²) in [7, 11) is 0. The van der Waals surface area contributed by atoms with Crippen LogP contribution in [0, 0.1) is 0 Å². The van der Waals surface area contributed by atoms with Crippen LogP contribution in [0.2, 0.25) is 0 Å². The Morgan fingerprint density at radius 3 is 0.760 bits per heavy atom. The number of ketones is 6. The fraction of sp³-hybridized carbons (Fsp3) is 0.0278. The molecule has 12 N–H and O–H groups in total. The normalized spacial score (nSPS) is 12.7. The van der Waals surface area contributed by atoms with Gasteiger partial charge in [0.2, 0.25) is 0 Å². The molecule has 13 rings (SSSR count). The van der Waals surface area contributed by atoms with Gasteiger partial charge >= 0.3 is 12.4 Å². The van der Waals surface area contributed by atoms with Gasteiger partial charge in [0, 0.05) is 89.8 Å². The fourth-order valence-electron chi connectivity index (χ4n) is 11.5. The van der Waals surface area contributed by atoms with Gasteiger partial charge in [-0.15, -0.1) is 0 Å². The van der Waals surface area contributed by atoms with Crippen molar-refractivity contribution in [3.63, 3.8) is 0 Å². The van der Waals surface area contributed by atoms with Gasteiger partial charge in [0.15, 0.2) is 34.7 Å². The molecule has 0 bridgehead atoms. The van der Waals surface area contributed by atoms with Gasteiger partial charge in [-0.25, -0.2) is 0 Å². The maximum absolute atomic E-state index is 14.7. The number of nitrogens with one attached hydrogen (secondary N) is 4. The number of amides is 4. The predicted octanol–water partition coefficient (Wildman–Crippen LogP) is 12.7. The number of benzene rings is 10. The van der Waals surface area contributed by atoms with Crippen LogP contribution in [0.4, 0.5) is 71.8 Å². The van der Waals surface area contributed by atoms with E-state index in [1.54, 1.807) is 60.7 Å². The molecule has 3 aliphatic rings. The topological polar surface area (TPSA) is 323 Å². The average Bonchev–Trinajstić information content (AvgIpc) is 0.762. The van der Waals surface area contributed by atoms with Crippen molar-refractivity contribution >= 4 is 104 Å². The van der Waals surface area contributed by atoms with Crippen LogP contribution in [0.15, 0.2) is 194 Å². The Morgan fingerprint density at radius 2 is 0.500 bits per heavy atom. The summed E-state index contributed by atoms with van der Waals surface area (Å²) in [5.74, 6) is -6.03. The molecule has 0 unspecified atom stereocenters. The molecule has 0 fully saturated rings. The van der Waals surface area contributed by atoms with Crippen molar-refractivity contribution in [2.24, 2.45) is 0 Å². The lowest BCUT2D eigenvalue weighted by atomic mass is 9.82. The highest BCUT2D eigenvalue weighted by Crippen LogP contribution is 2.45. The molecule has 10 aromatic carbocycles. The van der Waals surface area contributed by atoms with E-state index in [4.69, 9.17) is 22.9 Å². The molecule has 0 spiro atoms. The summed E-state index contributed by atoms with van der Waals surface area (Å²) in [6, 6.07) is 41.4. The van der Waals surface area contributed by atoms with E-state index in [2.05, 4.69) is 21.3 Å². The smallest absolute Gasteiger partial charge is 0.398 e. The number of alkyl halides is 6. The molecule has 0 saturated heterocycles. The molecule has 96 heavy (non-hydrogen) atoms. The Kier molecular flexibility index (Phi) is 15.9. The van der Waals surface area contributed by atoms with E-state index in [-0.39, 0.29) is 124 Å². The van der Waals surface area contributed by atoms with Crippen molar-refractivity contribution in [2.45, 2.75) is 12.4 Å². The summed E-state index contributed by atoms with van der Waals surface area (Å²) >= 11 is 0. The first-order valence-electron chi connectivity index (χ1n) is 28.7. The number of halogens is 6. The summed E-state index contributed by atoms with van der Waals surface area (Å²) < 4.78 is 88.2. The first kappa shape index (κ1) is 63.0. The molecule has 0 saturated carbocycles. The highest BCUT2D eigenvalue weighted by atomic mass is 19.4. The van der Waals surface area contributed by atoms with Crippen LogP contribution < -0.4 is 44.2 Å². The van der Waals surface area contributed by atoms with Crippen LogP contribution in [-0.4, -0.2) is 58.3 Å². The molecular formula is C72H44F6N8O10. The first-order valence-corrected chi connectivity index (χ1v) is 28.7. The Balaban J connectivity index is 0.000000419. The molecule has 4 amide bonds. The predicted molar refractivity (Wildman–Crippen MR) is 343 cm³/mol. The van der Waals surface area contributed by atoms with Crippen LogP contribution in [0.25, 0.3) is 11.1 Å². The number of nitrogen functional groups attached to an aromatic ring is 4. The summed E-state index contributed by atoms with van der Waals surface area (Å²) in [5.41, 5.74) is 19.5. The molecule has 0 aliphatic heterocycles. The number of carbonyl (C=O) groups is 10. The maximum atomic E-state index is 14.7. The van der Waals surface area contributed by atoms with Crippen molar-refractivity contribution in [1.29, 1.82) is 0 Å². The zero-order valence-corrected chi connectivity index (χ0v) is 49.1. The van der Waals surface area contributed by atoms with Crippen molar-refractivity contribution in [2.75, 3.05) is 44.2 Å². The van der Waals surface area contributed by atoms with Gasteiger partial charge in [0.05, 0.1) is 55.9 Å². The van der Waals surface area contributed by atoms with Crippen LogP contribution in [0.1, 0.15) is 148 Å². The van der Waals surface area contributed by atoms with E-state index in [1.807, 2.05) is 0 Å². The summed E-state index contributed by atoms with van der Waals surface area (Å²) in [6.45, 7) is 0. The van der Waals surface area contributed by atoms with Crippen LogP contribution in [-0.2, 0) is 12.4 Å². The molecule has 3 aliphatic carbocycles. The number of nitrogens with two attached hydrogens (primary N) is 4. The molecule has 474 valence electrons. The van der Waals surface area contributed by atoms with Crippen molar-refractivity contribution in [1.82, 2.24) is 0 Å². The fourth-order valence-corrected chi connectivity index (χ4v) is 11.5. The monoisotopic (exact) mass is 1290 g/mol. The quantitative estimate of drug-likeness (QED) is 0.0492. The summed E-state index contributed by atoms with van der Waals surface area (Å²) in [5, 5.41) is 9.74. The number of hydrogen-bond donors (Lipinski definition) is 8. The standard InChI is InChI=1S/C58H34F6N6O8.C14H10N2O2/c59-57(60,61)39-25-31(67-53(75)27-9-13-29(14-10-27)55(77)69-43-23-21-41(65)45-47(43)51(73)37-7-3-1-5-35(37)49(45)71)17-19-33(39)34-20-18-32(26-40(34)58(62,63)64)68-54(76)28-11-15-30(16-12-28)56(78)70-44-24-22-42(66)46-48(44)52(74)38-8-4-2-6-36(38)50(46)72;15-9-5-6-10(16)12-11(9)13(17)7-3-1-2-4-8(7)14(12)18/h1-26H,65-66H2,(H,67,75)(H,68,76)(H,69,77)(H,70,78);1-6H,15-16H2. The minimum Gasteiger partial charge on any atom is -0.398 e. The number of rotatable bonds is 9. The number of anilines is 8. The van der Waals surface area contributed by atoms with Gasteiger partial charge in [-0.3, -0.25) is 47.9 Å². The molecule has 10 aromatic rings. The van der Waals surface area contributed by atoms with Crippen LogP contribution in [0.3, 0.4) is 0 Å². The lowest BCUT2D eigenvalue weighted by Crippen LogP contribution is -2.25. The lowest BCUT2D eigenvalue weighted by molar-refractivity contribution is -0.139. The lowest BCUT2D eigenvalue weighted by Gasteiger charge is -2.21. The molecule has 24 heteroatoms. The third kappa shape index (κ3) is 11.4. The Morgan fingerprint density at radius 1 is 0.271 bits per heavy atom. The number of fused-ring (bicyclic) bond motifs is 6. The zero-order valence-electron chi connectivity index (χ0n) is 49.1. The van der Waals surface area contributed by atoms with Crippen molar-refractivity contribution in [3.8, 4) is 11.1 Å². The van der Waals surface area contributed by atoms with Gasteiger partial charge in [0.1, 0.15) is 0 Å². The Hall–Kier alpha value is -13.1. The largest absolute Gasteiger partial charge is 0.417 e. The second-order valence-electron chi connectivity index (χ2n) is 22.0. The van der Waals surface area contributed by atoms with E-state index in [1.165, 1.54) is 97.1 Å². The van der Waals surface area contributed by atoms with E-state index in [9.17, 15) is 74.3 Å². The van der Waals surface area contributed by atoms with Gasteiger partial charge in [-0.2, -0.15) is 26.3 Å². The van der Waals surface area contributed by atoms with Crippen molar-refractivity contribution < 1.29 is 74.3 Å². The maximum Gasteiger partial charge on any atom is 0.417 e. The second-order valence-corrected chi connectivity index (χ2v) is 22.0. The average molecular weight is 1300 g/mol. The summed E-state index contributed by atoms with van der Waals surface area (Å²) in [6.07, 6.45) is -10.5. The second kappa shape index (κ2) is 24.2. The van der Waals surface area contributed by atoms with Gasteiger partial charge in [-0.05, 0) is 120 Å². The van der Waals surface area contributed by atoms with Gasteiger partial charge < -0.3 is 44.2 Å². The first-order chi connectivity index (χ1) is 45.7. The van der Waals surface area contributed by atoms with Crippen LogP contribution >= 0.6 is 0 Å². The highest BCUT2D eigenvalue weighted by Gasteiger charge is 2.41. The third-order valence-corrected chi connectivity index (χ3v) is 16.1. The van der Waals surface area contributed by atoms with Gasteiger partial charge in [0.25, 0.3) is 23.6 Å². The zero-order chi connectivity index (χ0) is 68.4. The summed E-state index contributed by atoms with van der Waals surface area (Å²) in [4.78, 5) is 132. The van der Waals surface area contributed by atoms with Crippen LogP contribution in [0.5, 0.6) is 0 Å². The molecule has 0 heterocycles. The van der Waals surface area contributed by atoms with Gasteiger partial charge in [-0.1, -0.05) is 84.9 Å². The minimum atomic E-state index is -5.26. The highest BCUT2D eigenvalue weighted by molar-refractivity contribution is 6.34. The molecular weight excluding hydrogens is 1250 g/mol. The SMILES string of the molecule is Nc1ccc(N)c2c1C(=O)c1ccccc1C2=O.Nc1ccc(NC(=O)c2ccc(C(=O)Nc3ccc(-c4ccc(NC(=O)c5ccc(C(=O)Nc6ccc(N)c7c6C(=O)c6ccccc6C7=O)cc5)cc4C(F)(F)F)c(C(F)(F)F)c3)cc2)c2c1C(=O)c1ccccc1C2=O. The Labute approximate surface area is 537 Å².